The number of carbonyl (C=O) groups is 2. The Kier molecular flexibility index (Phi) is 5.11. The van der Waals surface area contributed by atoms with Gasteiger partial charge in [0.25, 0.3) is 0 Å². The van der Waals surface area contributed by atoms with Gasteiger partial charge in [-0.25, -0.2) is 0 Å². The van der Waals surface area contributed by atoms with E-state index in [4.69, 9.17) is 19.7 Å². The average Bonchev–Trinajstić information content (AvgIpc) is 2.28. The topological polar surface area (TPSA) is 131 Å². The molecule has 0 bridgehead atoms. The van der Waals surface area contributed by atoms with E-state index in [-0.39, 0.29) is 0 Å². The van der Waals surface area contributed by atoms with Crippen LogP contribution >= 0.6 is 0 Å². The fourth-order valence-electron chi connectivity index (χ4n) is 1.88. The zero-order valence-electron chi connectivity index (χ0n) is 10.7. The molecule has 106 valence electrons. The third-order valence-corrected chi connectivity index (χ3v) is 2.56. The Morgan fingerprint density at radius 3 is 2.26 bits per heavy atom. The number of azide groups is 1. The molecule has 0 aliphatic carbocycles. The number of aliphatic hydroxyl groups excluding tert-OH is 1. The highest BCUT2D eigenvalue weighted by Gasteiger charge is 2.47. The Morgan fingerprint density at radius 2 is 1.79 bits per heavy atom. The zero-order valence-corrected chi connectivity index (χ0v) is 10.7. The molecule has 5 atom stereocenters. The molecule has 1 heterocycles. The molecule has 0 unspecified atom stereocenters. The normalized spacial score (nSPS) is 34.0. The second-order valence-electron chi connectivity index (χ2n) is 4.08. The lowest BCUT2D eigenvalue weighted by atomic mass is 9.97. The van der Waals surface area contributed by atoms with Crippen LogP contribution in [0.3, 0.4) is 0 Å². The van der Waals surface area contributed by atoms with E-state index in [1.807, 2.05) is 0 Å². The van der Waals surface area contributed by atoms with Crippen LogP contribution in [0.4, 0.5) is 0 Å². The molecular weight excluding hydrogens is 258 g/mol. The summed E-state index contributed by atoms with van der Waals surface area (Å²) in [5.74, 6) is -1.28. The van der Waals surface area contributed by atoms with E-state index in [0.29, 0.717) is 0 Å². The lowest BCUT2D eigenvalue weighted by molar-refractivity contribution is -0.258. The number of esters is 2. The van der Waals surface area contributed by atoms with Gasteiger partial charge < -0.3 is 19.3 Å². The van der Waals surface area contributed by atoms with Crippen molar-refractivity contribution in [3.63, 3.8) is 0 Å². The maximum absolute atomic E-state index is 11.0. The van der Waals surface area contributed by atoms with Gasteiger partial charge in [0.1, 0.15) is 12.1 Å². The summed E-state index contributed by atoms with van der Waals surface area (Å²) in [5, 5.41) is 13.2. The highest BCUT2D eigenvalue weighted by atomic mass is 16.7. The van der Waals surface area contributed by atoms with Crippen molar-refractivity contribution in [2.45, 2.75) is 51.4 Å². The fourth-order valence-corrected chi connectivity index (χ4v) is 1.88. The molecule has 1 saturated heterocycles. The number of nitrogens with zero attached hydrogens (tertiary/aromatic N) is 3. The number of ether oxygens (including phenoxy) is 3. The smallest absolute Gasteiger partial charge is 0.303 e. The average molecular weight is 273 g/mol. The second kappa shape index (κ2) is 6.37. The van der Waals surface area contributed by atoms with Gasteiger partial charge in [0.05, 0.1) is 6.10 Å². The molecule has 1 N–H and O–H groups in total. The van der Waals surface area contributed by atoms with Crippen LogP contribution in [-0.2, 0) is 23.8 Å². The van der Waals surface area contributed by atoms with E-state index in [2.05, 4.69) is 10.0 Å². The molecule has 0 aromatic rings. The van der Waals surface area contributed by atoms with Crippen molar-refractivity contribution in [3.05, 3.63) is 10.4 Å². The first-order valence-corrected chi connectivity index (χ1v) is 5.59. The molecule has 0 aromatic carbocycles. The van der Waals surface area contributed by atoms with E-state index in [0.717, 1.165) is 6.92 Å². The van der Waals surface area contributed by atoms with Crippen molar-refractivity contribution in [2.24, 2.45) is 5.11 Å². The first-order chi connectivity index (χ1) is 8.86. The molecule has 9 nitrogen and oxygen atoms in total. The number of rotatable bonds is 3. The minimum absolute atomic E-state index is 0.600. The lowest BCUT2D eigenvalue weighted by Crippen LogP contribution is -2.58. The van der Waals surface area contributed by atoms with Crippen molar-refractivity contribution < 1.29 is 28.9 Å². The fraction of sp³-hybridized carbons (Fsp3) is 0.800. The van der Waals surface area contributed by atoms with E-state index in [1.165, 1.54) is 6.92 Å². The van der Waals surface area contributed by atoms with Gasteiger partial charge in [0.15, 0.2) is 12.4 Å². The number of carbonyl (C=O) groups excluding carboxylic acids is 2. The summed E-state index contributed by atoms with van der Waals surface area (Å²) >= 11 is 0. The zero-order chi connectivity index (χ0) is 14.6. The Labute approximate surface area is 109 Å². The SMILES string of the molecule is CC(=O)O[C@@H]1[C@@H](N=[N+]=[N-])[C@@H](OC(C)=O)[C@H](O)O[C@H]1C. The maximum Gasteiger partial charge on any atom is 0.303 e. The van der Waals surface area contributed by atoms with E-state index < -0.39 is 42.6 Å². The highest BCUT2D eigenvalue weighted by molar-refractivity contribution is 5.67. The molecule has 9 heteroatoms. The number of aliphatic hydroxyl groups is 1. The van der Waals surface area contributed by atoms with Crippen LogP contribution in [0.25, 0.3) is 10.4 Å². The molecule has 0 radical (unpaired) electrons. The summed E-state index contributed by atoms with van der Waals surface area (Å²) in [4.78, 5) is 24.6. The Bertz CT molecular complexity index is 380. The van der Waals surface area contributed by atoms with Crippen LogP contribution in [0.1, 0.15) is 20.8 Å². The predicted octanol–water partition coefficient (Wildman–Crippen LogP) is 0.266. The largest absolute Gasteiger partial charge is 0.459 e. The van der Waals surface area contributed by atoms with Gasteiger partial charge in [-0.2, -0.15) is 0 Å². The molecule has 0 amide bonds. The Balaban J connectivity index is 3.03. The molecule has 1 aliphatic rings. The third-order valence-electron chi connectivity index (χ3n) is 2.56. The lowest BCUT2D eigenvalue weighted by Gasteiger charge is -2.40. The monoisotopic (exact) mass is 273 g/mol. The van der Waals surface area contributed by atoms with E-state index in [9.17, 15) is 14.7 Å². The molecule has 1 aliphatic heterocycles. The molecule has 0 aromatic heterocycles. The molecule has 1 fully saturated rings. The van der Waals surface area contributed by atoms with E-state index >= 15 is 0 Å². The van der Waals surface area contributed by atoms with Crippen LogP contribution < -0.4 is 0 Å². The van der Waals surface area contributed by atoms with Gasteiger partial charge in [-0.3, -0.25) is 9.59 Å². The van der Waals surface area contributed by atoms with E-state index in [1.54, 1.807) is 6.92 Å². The molecule has 19 heavy (non-hydrogen) atoms. The van der Waals surface area contributed by atoms with Gasteiger partial charge >= 0.3 is 11.9 Å². The summed E-state index contributed by atoms with van der Waals surface area (Å²) in [6.45, 7) is 3.87. The minimum Gasteiger partial charge on any atom is -0.459 e. The molecule has 1 rings (SSSR count). The van der Waals surface area contributed by atoms with Gasteiger partial charge in [-0.1, -0.05) is 5.11 Å². The molecular formula is C10H15N3O6. The highest BCUT2D eigenvalue weighted by Crippen LogP contribution is 2.27. The Hall–Kier alpha value is -1.83. The van der Waals surface area contributed by atoms with Gasteiger partial charge in [-0.15, -0.1) is 0 Å². The summed E-state index contributed by atoms with van der Waals surface area (Å²) in [7, 11) is 0. The van der Waals surface area contributed by atoms with Crippen molar-refractivity contribution >= 4 is 11.9 Å². The number of hydrogen-bond acceptors (Lipinski definition) is 7. The Morgan fingerprint density at radius 1 is 1.26 bits per heavy atom. The van der Waals surface area contributed by atoms with Crippen molar-refractivity contribution in [1.29, 1.82) is 0 Å². The second-order valence-corrected chi connectivity index (χ2v) is 4.08. The first kappa shape index (κ1) is 15.2. The summed E-state index contributed by atoms with van der Waals surface area (Å²) < 4.78 is 15.0. The summed E-state index contributed by atoms with van der Waals surface area (Å²) in [6.07, 6.45) is -4.34. The number of hydrogen-bond donors (Lipinski definition) is 1. The quantitative estimate of drug-likeness (QED) is 0.339. The van der Waals surface area contributed by atoms with Crippen LogP contribution in [0, 0.1) is 0 Å². The predicted molar refractivity (Wildman–Crippen MR) is 60.6 cm³/mol. The maximum atomic E-state index is 11.0. The van der Waals surface area contributed by atoms with Crippen molar-refractivity contribution in [3.8, 4) is 0 Å². The van der Waals surface area contributed by atoms with Gasteiger partial charge in [-0.05, 0) is 12.5 Å². The van der Waals surface area contributed by atoms with Crippen molar-refractivity contribution in [1.82, 2.24) is 0 Å². The van der Waals surface area contributed by atoms with Crippen LogP contribution in [0.5, 0.6) is 0 Å². The van der Waals surface area contributed by atoms with Crippen molar-refractivity contribution in [2.75, 3.05) is 0 Å². The van der Waals surface area contributed by atoms with Crippen LogP contribution in [0.15, 0.2) is 5.11 Å². The van der Waals surface area contributed by atoms with Crippen LogP contribution in [-0.4, -0.2) is 47.7 Å². The minimum atomic E-state index is -1.46. The van der Waals surface area contributed by atoms with Gasteiger partial charge in [0, 0.05) is 18.8 Å². The molecule has 0 spiro atoms. The standard InChI is InChI=1S/C10H15N3O6/c1-4-8(18-5(2)14)7(12-13-11)9(10(16)17-4)19-6(3)15/h4,7-10,16H,1-3H3/t4-,7+,8-,9+,10+/m0/s1. The summed E-state index contributed by atoms with van der Waals surface area (Å²) in [5.41, 5.74) is 8.55. The van der Waals surface area contributed by atoms with Crippen LogP contribution in [0.2, 0.25) is 0 Å². The van der Waals surface area contributed by atoms with Gasteiger partial charge in [0.2, 0.25) is 0 Å². The first-order valence-electron chi connectivity index (χ1n) is 5.59. The molecule has 0 saturated carbocycles. The third kappa shape index (κ3) is 3.82. The summed E-state index contributed by atoms with van der Waals surface area (Å²) in [6, 6.07) is -1.06.